The summed E-state index contributed by atoms with van der Waals surface area (Å²) in [6.45, 7) is 4.44. The Morgan fingerprint density at radius 1 is 1.31 bits per heavy atom. The summed E-state index contributed by atoms with van der Waals surface area (Å²) in [7, 11) is 0. The van der Waals surface area contributed by atoms with Crippen molar-refractivity contribution in [2.45, 2.75) is 13.8 Å². The van der Waals surface area contributed by atoms with Gasteiger partial charge < -0.3 is 0 Å². The first-order valence-electron chi connectivity index (χ1n) is 4.87. The van der Waals surface area contributed by atoms with Crippen LogP contribution in [0, 0.1) is 5.92 Å². The molecule has 5 heteroatoms. The summed E-state index contributed by atoms with van der Waals surface area (Å²) < 4.78 is 0. The molecule has 1 amide bonds. The standard InChI is InChI=1S/C11H13Cl2NO2/c1-7(2)6-16-14-11(15)8-3-9(12)5-10(13)4-8/h3-5,7H,6H2,1-2H3,(H,14,15). The Labute approximate surface area is 105 Å². The number of carbonyl (C=O) groups is 1. The van der Waals surface area contributed by atoms with Gasteiger partial charge in [-0.05, 0) is 24.1 Å². The summed E-state index contributed by atoms with van der Waals surface area (Å²) in [5.41, 5.74) is 2.70. The van der Waals surface area contributed by atoms with Crippen LogP contribution >= 0.6 is 23.2 Å². The van der Waals surface area contributed by atoms with Crippen molar-refractivity contribution >= 4 is 29.1 Å². The van der Waals surface area contributed by atoms with Crippen molar-refractivity contribution in [1.29, 1.82) is 0 Å². The van der Waals surface area contributed by atoms with Gasteiger partial charge >= 0.3 is 0 Å². The Kier molecular flexibility index (Phi) is 5.06. The molecule has 0 bridgehead atoms. The Balaban J connectivity index is 2.59. The molecule has 0 unspecified atom stereocenters. The normalized spacial score (nSPS) is 10.6. The minimum Gasteiger partial charge on any atom is -0.273 e. The van der Waals surface area contributed by atoms with E-state index in [9.17, 15) is 4.79 Å². The predicted octanol–water partition coefficient (Wildman–Crippen LogP) is 3.31. The highest BCUT2D eigenvalue weighted by atomic mass is 35.5. The lowest BCUT2D eigenvalue weighted by atomic mass is 10.2. The SMILES string of the molecule is CC(C)CONC(=O)c1cc(Cl)cc(Cl)c1. The molecular formula is C11H13Cl2NO2. The van der Waals surface area contributed by atoms with Crippen molar-refractivity contribution in [1.82, 2.24) is 5.48 Å². The Bertz CT molecular complexity index is 360. The van der Waals surface area contributed by atoms with Gasteiger partial charge in [0, 0.05) is 15.6 Å². The molecule has 1 N–H and O–H groups in total. The fourth-order valence-electron chi connectivity index (χ4n) is 1.02. The van der Waals surface area contributed by atoms with Crippen molar-refractivity contribution in [3.8, 4) is 0 Å². The molecule has 0 saturated heterocycles. The number of hydrogen-bond acceptors (Lipinski definition) is 2. The van der Waals surface area contributed by atoms with Crippen molar-refractivity contribution in [3.05, 3.63) is 33.8 Å². The van der Waals surface area contributed by atoms with Gasteiger partial charge in [-0.15, -0.1) is 0 Å². The number of nitrogens with one attached hydrogen (secondary N) is 1. The van der Waals surface area contributed by atoms with Crippen LogP contribution in [0.1, 0.15) is 24.2 Å². The molecular weight excluding hydrogens is 249 g/mol. The maximum Gasteiger partial charge on any atom is 0.274 e. The smallest absolute Gasteiger partial charge is 0.273 e. The second-order valence-electron chi connectivity index (χ2n) is 3.79. The second kappa shape index (κ2) is 6.09. The summed E-state index contributed by atoms with van der Waals surface area (Å²) >= 11 is 11.5. The molecule has 1 aromatic carbocycles. The molecule has 0 aliphatic rings. The zero-order valence-corrected chi connectivity index (χ0v) is 10.6. The highest BCUT2D eigenvalue weighted by Crippen LogP contribution is 2.18. The first kappa shape index (κ1) is 13.3. The van der Waals surface area contributed by atoms with Gasteiger partial charge in [-0.1, -0.05) is 37.0 Å². The molecule has 0 fully saturated rings. The van der Waals surface area contributed by atoms with E-state index in [1.807, 2.05) is 13.8 Å². The quantitative estimate of drug-likeness (QED) is 0.845. The van der Waals surface area contributed by atoms with Crippen LogP contribution in [-0.2, 0) is 4.84 Å². The van der Waals surface area contributed by atoms with Gasteiger partial charge in [0.2, 0.25) is 0 Å². The summed E-state index contributed by atoms with van der Waals surface area (Å²) in [5, 5.41) is 0.836. The third-order valence-corrected chi connectivity index (χ3v) is 2.14. The van der Waals surface area contributed by atoms with Crippen LogP contribution in [0.15, 0.2) is 18.2 Å². The fourth-order valence-corrected chi connectivity index (χ4v) is 1.54. The van der Waals surface area contributed by atoms with Crippen LogP contribution in [-0.4, -0.2) is 12.5 Å². The number of hydrogen-bond donors (Lipinski definition) is 1. The minimum absolute atomic E-state index is 0.350. The van der Waals surface area contributed by atoms with E-state index in [0.717, 1.165) is 0 Å². The van der Waals surface area contributed by atoms with E-state index in [-0.39, 0.29) is 5.91 Å². The Morgan fingerprint density at radius 3 is 2.38 bits per heavy atom. The molecule has 88 valence electrons. The Hall–Kier alpha value is -0.770. The van der Waals surface area contributed by atoms with Gasteiger partial charge in [-0.2, -0.15) is 0 Å². The van der Waals surface area contributed by atoms with Crippen LogP contribution in [0.3, 0.4) is 0 Å². The molecule has 16 heavy (non-hydrogen) atoms. The van der Waals surface area contributed by atoms with E-state index in [0.29, 0.717) is 28.1 Å². The molecule has 0 saturated carbocycles. The molecule has 0 atom stereocenters. The average molecular weight is 262 g/mol. The first-order valence-corrected chi connectivity index (χ1v) is 5.63. The van der Waals surface area contributed by atoms with E-state index in [2.05, 4.69) is 5.48 Å². The summed E-state index contributed by atoms with van der Waals surface area (Å²) in [6.07, 6.45) is 0. The average Bonchev–Trinajstić information content (AvgIpc) is 2.15. The van der Waals surface area contributed by atoms with Crippen LogP contribution in [0.5, 0.6) is 0 Å². The van der Waals surface area contributed by atoms with Gasteiger partial charge in [0.25, 0.3) is 5.91 Å². The molecule has 3 nitrogen and oxygen atoms in total. The van der Waals surface area contributed by atoms with Crippen molar-refractivity contribution in [2.75, 3.05) is 6.61 Å². The van der Waals surface area contributed by atoms with E-state index >= 15 is 0 Å². The third kappa shape index (κ3) is 4.39. The molecule has 0 radical (unpaired) electrons. The number of carbonyl (C=O) groups excluding carboxylic acids is 1. The van der Waals surface area contributed by atoms with Crippen LogP contribution < -0.4 is 5.48 Å². The summed E-state index contributed by atoms with van der Waals surface area (Å²) in [5.74, 6) is -0.00620. The lowest BCUT2D eigenvalue weighted by Crippen LogP contribution is -2.25. The summed E-state index contributed by atoms with van der Waals surface area (Å²) in [4.78, 5) is 16.6. The van der Waals surface area contributed by atoms with Gasteiger partial charge in [0.15, 0.2) is 0 Å². The van der Waals surface area contributed by atoms with Gasteiger partial charge in [0.05, 0.1) is 6.61 Å². The number of halogens is 2. The molecule has 0 aliphatic carbocycles. The molecule has 0 aromatic heterocycles. The van der Waals surface area contributed by atoms with Crippen molar-refractivity contribution < 1.29 is 9.63 Å². The number of rotatable bonds is 4. The zero-order valence-electron chi connectivity index (χ0n) is 9.09. The minimum atomic E-state index is -0.356. The number of benzene rings is 1. The first-order chi connectivity index (χ1) is 7.49. The fraction of sp³-hybridized carbons (Fsp3) is 0.364. The lowest BCUT2D eigenvalue weighted by molar-refractivity contribution is 0.0208. The highest BCUT2D eigenvalue weighted by molar-refractivity contribution is 6.35. The lowest BCUT2D eigenvalue weighted by Gasteiger charge is -2.08. The predicted molar refractivity (Wildman–Crippen MR) is 64.7 cm³/mol. The molecule has 0 spiro atoms. The topological polar surface area (TPSA) is 38.3 Å². The van der Waals surface area contributed by atoms with E-state index in [1.165, 1.54) is 12.1 Å². The van der Waals surface area contributed by atoms with E-state index < -0.39 is 0 Å². The van der Waals surface area contributed by atoms with Gasteiger partial charge in [-0.3, -0.25) is 9.63 Å². The number of hydroxylamine groups is 1. The maximum atomic E-state index is 11.6. The third-order valence-electron chi connectivity index (χ3n) is 1.71. The molecule has 1 rings (SSSR count). The Morgan fingerprint density at radius 2 is 1.88 bits per heavy atom. The van der Waals surface area contributed by atoms with E-state index in [4.69, 9.17) is 28.0 Å². The van der Waals surface area contributed by atoms with Gasteiger partial charge in [0.1, 0.15) is 0 Å². The monoisotopic (exact) mass is 261 g/mol. The zero-order chi connectivity index (χ0) is 12.1. The molecule has 1 aromatic rings. The molecule has 0 heterocycles. The van der Waals surface area contributed by atoms with Crippen LogP contribution in [0.2, 0.25) is 10.0 Å². The largest absolute Gasteiger partial charge is 0.274 e. The van der Waals surface area contributed by atoms with Crippen LogP contribution in [0.4, 0.5) is 0 Å². The highest BCUT2D eigenvalue weighted by Gasteiger charge is 2.08. The van der Waals surface area contributed by atoms with Crippen LogP contribution in [0.25, 0.3) is 0 Å². The number of amides is 1. The second-order valence-corrected chi connectivity index (χ2v) is 4.67. The van der Waals surface area contributed by atoms with E-state index in [1.54, 1.807) is 6.07 Å². The van der Waals surface area contributed by atoms with Crippen molar-refractivity contribution in [2.24, 2.45) is 5.92 Å². The van der Waals surface area contributed by atoms with Crippen molar-refractivity contribution in [3.63, 3.8) is 0 Å². The van der Waals surface area contributed by atoms with Gasteiger partial charge in [-0.25, -0.2) is 5.48 Å². The molecule has 0 aliphatic heterocycles. The summed E-state index contributed by atoms with van der Waals surface area (Å²) in [6, 6.07) is 4.62. The maximum absolute atomic E-state index is 11.6.